The van der Waals surface area contributed by atoms with E-state index < -0.39 is 0 Å². The van der Waals surface area contributed by atoms with E-state index in [4.69, 9.17) is 9.40 Å². The first-order valence-corrected chi connectivity index (χ1v) is 21.1. The molecule has 4 aromatic carbocycles. The third kappa shape index (κ3) is 9.98. The number of allylic oxidation sites excluding steroid dienone is 2. The fraction of sp³-hybridized carbons (Fsp3) is 0.423. The summed E-state index contributed by atoms with van der Waals surface area (Å²) < 4.78 is 6.69. The molecule has 2 aromatic heterocycles. The number of carbonyl (C=O) groups excluding carboxylic acids is 1. The summed E-state index contributed by atoms with van der Waals surface area (Å²) in [6, 6.07) is 28.1. The second-order valence-corrected chi connectivity index (χ2v) is 16.7. The first-order valence-electron chi connectivity index (χ1n) is 21.1. The summed E-state index contributed by atoms with van der Waals surface area (Å²) in [5.74, 6) is 2.26. The fourth-order valence-corrected chi connectivity index (χ4v) is 7.98. The van der Waals surface area contributed by atoms with Gasteiger partial charge in [0, 0.05) is 60.7 Å². The minimum Gasteiger partial charge on any atom is -0.512 e. The molecule has 0 atom stereocenters. The monoisotopic (exact) mass is 943 g/mol. The van der Waals surface area contributed by atoms with Gasteiger partial charge in [-0.3, -0.25) is 9.78 Å². The average molecular weight is 943 g/mol. The largest absolute Gasteiger partial charge is 0.512 e. The van der Waals surface area contributed by atoms with Gasteiger partial charge in [-0.25, -0.2) is 0 Å². The van der Waals surface area contributed by atoms with Crippen molar-refractivity contribution in [2.24, 2.45) is 11.8 Å². The Balaban J connectivity index is 0.000000385. The predicted octanol–water partition coefficient (Wildman–Crippen LogP) is 15.6. The molecular formula is C52H64IrNO3-. The van der Waals surface area contributed by atoms with Crippen LogP contribution in [0, 0.1) is 17.9 Å². The Kier molecular flexibility index (Phi) is 16.1. The number of pyridine rings is 1. The maximum absolute atomic E-state index is 11.7. The number of aromatic nitrogens is 1. The molecule has 5 heteroatoms. The van der Waals surface area contributed by atoms with Gasteiger partial charge >= 0.3 is 0 Å². The van der Waals surface area contributed by atoms with Crippen LogP contribution in [0.1, 0.15) is 155 Å². The molecule has 0 spiro atoms. The Labute approximate surface area is 355 Å². The zero-order chi connectivity index (χ0) is 40.8. The molecule has 0 saturated carbocycles. The van der Waals surface area contributed by atoms with Gasteiger partial charge in [-0.05, 0) is 95.4 Å². The van der Waals surface area contributed by atoms with Gasteiger partial charge in [0.25, 0.3) is 0 Å². The van der Waals surface area contributed by atoms with Gasteiger partial charge in [0.15, 0.2) is 5.78 Å². The van der Waals surface area contributed by atoms with Gasteiger partial charge in [-0.1, -0.05) is 130 Å². The van der Waals surface area contributed by atoms with E-state index in [0.29, 0.717) is 23.7 Å². The van der Waals surface area contributed by atoms with Crippen LogP contribution in [0.2, 0.25) is 0 Å². The summed E-state index contributed by atoms with van der Waals surface area (Å²) >= 11 is 0. The summed E-state index contributed by atoms with van der Waals surface area (Å²) in [6.07, 6.45) is 6.81. The standard InChI is InChI=1S/C39H40NO.C13H24O2.Ir/c1-22(2)28-18-34(24(5)6)37(35(19-28)25(7)8)27-13-14-31-32-15-16-40-38(39(32)41-36(31)21-27)29-17-26-11-9-10-12-30(26)33(20-29)23(3)4;1-5-10(6-2)12(14)9-13(15)11(7-3)8-4;/h9-16,18-25H,1-8H3;9-11,14H,5-8H2,1-4H3;/q-1;;/b;12-9-;. The van der Waals surface area contributed by atoms with Crippen molar-refractivity contribution >= 4 is 38.5 Å². The van der Waals surface area contributed by atoms with E-state index in [-0.39, 0.29) is 43.5 Å². The van der Waals surface area contributed by atoms with Gasteiger partial charge in [-0.2, -0.15) is 0 Å². The van der Waals surface area contributed by atoms with Gasteiger partial charge in [0.2, 0.25) is 0 Å². The molecule has 0 unspecified atom stereocenters. The van der Waals surface area contributed by atoms with E-state index in [1.165, 1.54) is 44.8 Å². The minimum atomic E-state index is 0. The van der Waals surface area contributed by atoms with Gasteiger partial charge in [0.1, 0.15) is 11.2 Å². The molecule has 0 aliphatic rings. The van der Waals surface area contributed by atoms with E-state index in [0.717, 1.165) is 64.3 Å². The van der Waals surface area contributed by atoms with Crippen molar-refractivity contribution in [3.63, 3.8) is 0 Å². The maximum Gasteiger partial charge on any atom is 0.162 e. The number of benzene rings is 4. The molecule has 1 radical (unpaired) electrons. The quantitative estimate of drug-likeness (QED) is 0.0712. The third-order valence-electron chi connectivity index (χ3n) is 11.6. The van der Waals surface area contributed by atoms with E-state index in [9.17, 15) is 9.90 Å². The SMILES string of the molecule is CC(C)c1cc(C(C)C)c(-c2ccc3c(c2)oc2c(-c4[c-]c5ccccc5c(C(C)C)c4)nccc23)c(C(C)C)c1.CCC(CC)C(=O)/C=C(\O)C(CC)CC.[Ir]. The van der Waals surface area contributed by atoms with E-state index in [1.54, 1.807) is 0 Å². The first-order chi connectivity index (χ1) is 26.7. The molecule has 0 amide bonds. The zero-order valence-corrected chi connectivity index (χ0v) is 38.7. The van der Waals surface area contributed by atoms with Crippen LogP contribution < -0.4 is 0 Å². The molecule has 57 heavy (non-hydrogen) atoms. The van der Waals surface area contributed by atoms with Crippen molar-refractivity contribution in [2.75, 3.05) is 0 Å². The number of ketones is 1. The summed E-state index contributed by atoms with van der Waals surface area (Å²) in [4.78, 5) is 16.6. The molecule has 0 saturated heterocycles. The summed E-state index contributed by atoms with van der Waals surface area (Å²) in [6.45, 7) is 26.3. The topological polar surface area (TPSA) is 63.3 Å². The minimum absolute atomic E-state index is 0. The normalized spacial score (nSPS) is 12.1. The third-order valence-corrected chi connectivity index (χ3v) is 11.6. The molecule has 6 aromatic rings. The second kappa shape index (κ2) is 20.1. The van der Waals surface area contributed by atoms with Crippen molar-refractivity contribution in [3.8, 4) is 22.4 Å². The number of hydrogen-bond acceptors (Lipinski definition) is 4. The Morgan fingerprint density at radius 3 is 1.86 bits per heavy atom. The molecular weight excluding hydrogens is 879 g/mol. The molecule has 4 nitrogen and oxygen atoms in total. The van der Waals surface area contributed by atoms with Gasteiger partial charge < -0.3 is 9.52 Å². The number of carbonyl (C=O) groups is 1. The zero-order valence-electron chi connectivity index (χ0n) is 36.3. The van der Waals surface area contributed by atoms with Crippen LogP contribution in [0.5, 0.6) is 0 Å². The van der Waals surface area contributed by atoms with Crippen LogP contribution in [0.3, 0.4) is 0 Å². The predicted molar refractivity (Wildman–Crippen MR) is 239 cm³/mol. The molecule has 305 valence electrons. The number of hydrogen-bond donors (Lipinski definition) is 1. The Morgan fingerprint density at radius 1 is 0.702 bits per heavy atom. The molecule has 6 rings (SSSR count). The van der Waals surface area contributed by atoms with Crippen LogP contribution in [0.4, 0.5) is 0 Å². The van der Waals surface area contributed by atoms with Crippen molar-refractivity contribution in [1.29, 1.82) is 0 Å². The van der Waals surface area contributed by atoms with Crippen molar-refractivity contribution in [1.82, 2.24) is 4.98 Å². The Morgan fingerprint density at radius 2 is 1.30 bits per heavy atom. The van der Waals surface area contributed by atoms with Crippen molar-refractivity contribution in [2.45, 2.75) is 132 Å². The molecule has 1 N–H and O–H groups in total. The number of nitrogens with zero attached hydrogens (tertiary/aromatic N) is 1. The number of aliphatic hydroxyl groups is 1. The van der Waals surface area contributed by atoms with E-state index in [2.05, 4.69) is 128 Å². The van der Waals surface area contributed by atoms with Crippen LogP contribution in [0.15, 0.2) is 89.2 Å². The summed E-state index contributed by atoms with van der Waals surface area (Å²) in [7, 11) is 0. The number of aliphatic hydroxyl groups excluding tert-OH is 1. The Bertz CT molecular complexity index is 2290. The molecule has 0 aliphatic carbocycles. The maximum atomic E-state index is 11.7. The van der Waals surface area contributed by atoms with E-state index in [1.807, 2.05) is 33.9 Å². The van der Waals surface area contributed by atoms with Crippen LogP contribution in [-0.2, 0) is 24.9 Å². The molecule has 0 fully saturated rings. The fourth-order valence-electron chi connectivity index (χ4n) is 7.98. The first kappa shape index (κ1) is 45.6. The smallest absolute Gasteiger partial charge is 0.162 e. The van der Waals surface area contributed by atoms with Crippen LogP contribution in [0.25, 0.3) is 55.1 Å². The average Bonchev–Trinajstić information content (AvgIpc) is 3.56. The summed E-state index contributed by atoms with van der Waals surface area (Å²) in [5.41, 5.74) is 11.6. The Hall–Kier alpha value is -4.05. The number of furan rings is 1. The number of rotatable bonds is 13. The second-order valence-electron chi connectivity index (χ2n) is 16.7. The van der Waals surface area contributed by atoms with Gasteiger partial charge in [0.05, 0.1) is 5.76 Å². The van der Waals surface area contributed by atoms with Crippen LogP contribution >= 0.6 is 0 Å². The molecule has 2 heterocycles. The van der Waals surface area contributed by atoms with Gasteiger partial charge in [-0.15, -0.1) is 29.1 Å². The summed E-state index contributed by atoms with van der Waals surface area (Å²) in [5, 5.41) is 14.3. The molecule has 0 aliphatic heterocycles. The van der Waals surface area contributed by atoms with Crippen LogP contribution in [-0.4, -0.2) is 15.9 Å². The number of fused-ring (bicyclic) bond motifs is 4. The van der Waals surface area contributed by atoms with E-state index >= 15 is 0 Å². The molecule has 0 bridgehead atoms. The van der Waals surface area contributed by atoms with Crippen molar-refractivity contribution < 1.29 is 34.4 Å². The van der Waals surface area contributed by atoms with Crippen molar-refractivity contribution in [3.05, 3.63) is 113 Å².